The fourth-order valence-electron chi connectivity index (χ4n) is 4.09. The molecule has 0 spiro atoms. The third kappa shape index (κ3) is 8.82. The van der Waals surface area contributed by atoms with Crippen LogP contribution in [0.4, 0.5) is 5.69 Å². The van der Waals surface area contributed by atoms with Gasteiger partial charge in [-0.2, -0.15) is 5.10 Å². The number of primary sulfonamides is 1. The fourth-order valence-corrected chi connectivity index (χ4v) is 5.71. The van der Waals surface area contributed by atoms with Gasteiger partial charge in [0.2, 0.25) is 10.0 Å². The number of furan rings is 1. The number of hydrogen-bond acceptors (Lipinski definition) is 9. The molecule has 0 unspecified atom stereocenters. The largest absolute Gasteiger partial charge is 0.483 e. The second-order valence-corrected chi connectivity index (χ2v) is 12.6. The Labute approximate surface area is 274 Å². The van der Waals surface area contributed by atoms with E-state index in [1.54, 1.807) is 42.5 Å². The average Bonchev–Trinajstić information content (AvgIpc) is 3.65. The molecule has 2 heterocycles. The number of carbonyl (C=O) groups is 2. The highest BCUT2D eigenvalue weighted by atomic mass is 35.5. The molecule has 2 amide bonds. The molecular formula is C32H26ClN5O6S2. The Morgan fingerprint density at radius 3 is 2.57 bits per heavy atom. The summed E-state index contributed by atoms with van der Waals surface area (Å²) in [6, 6.07) is 23.4. The van der Waals surface area contributed by atoms with Gasteiger partial charge in [-0.05, 0) is 84.1 Å². The highest BCUT2D eigenvalue weighted by molar-refractivity contribution is 8.18. The van der Waals surface area contributed by atoms with Crippen molar-refractivity contribution in [1.29, 1.82) is 0 Å². The van der Waals surface area contributed by atoms with E-state index < -0.39 is 15.9 Å². The van der Waals surface area contributed by atoms with Crippen molar-refractivity contribution in [2.45, 2.75) is 11.4 Å². The number of nitrogens with two attached hydrogens (primary N) is 1. The summed E-state index contributed by atoms with van der Waals surface area (Å²) >= 11 is 7.39. The van der Waals surface area contributed by atoms with Crippen molar-refractivity contribution >= 4 is 74.4 Å². The lowest BCUT2D eigenvalue weighted by molar-refractivity contribution is -0.122. The maximum Gasteiger partial charge on any atom is 0.267 e. The van der Waals surface area contributed by atoms with Gasteiger partial charge in [0.15, 0.2) is 11.8 Å². The van der Waals surface area contributed by atoms with Gasteiger partial charge in [-0.3, -0.25) is 14.5 Å². The Kier molecular flexibility index (Phi) is 10.5. The Bertz CT molecular complexity index is 1940. The quantitative estimate of drug-likeness (QED) is 0.116. The Hall–Kier alpha value is -4.95. The molecule has 0 radical (unpaired) electrons. The van der Waals surface area contributed by atoms with Crippen molar-refractivity contribution in [3.05, 3.63) is 124 Å². The van der Waals surface area contributed by atoms with E-state index in [1.165, 1.54) is 41.6 Å². The summed E-state index contributed by atoms with van der Waals surface area (Å²) in [4.78, 5) is 27.8. The number of allylic oxidation sites excluding steroid dienone is 1. The van der Waals surface area contributed by atoms with Gasteiger partial charge in [-0.1, -0.05) is 48.0 Å². The van der Waals surface area contributed by atoms with E-state index in [4.69, 9.17) is 25.9 Å². The molecule has 1 aromatic heterocycles. The third-order valence-electron chi connectivity index (χ3n) is 6.25. The van der Waals surface area contributed by atoms with E-state index >= 15 is 0 Å². The third-order valence-corrected chi connectivity index (χ3v) is 8.41. The van der Waals surface area contributed by atoms with Gasteiger partial charge in [-0.25, -0.2) is 13.6 Å². The summed E-state index contributed by atoms with van der Waals surface area (Å²) in [5, 5.41) is 16.9. The van der Waals surface area contributed by atoms with Crippen LogP contribution in [0.3, 0.4) is 0 Å². The molecule has 14 heteroatoms. The number of amides is 2. The zero-order valence-electron chi connectivity index (χ0n) is 23.9. The normalized spacial score (nSPS) is 15.4. The number of benzene rings is 3. The van der Waals surface area contributed by atoms with Crippen LogP contribution >= 0.6 is 23.4 Å². The molecule has 3 N–H and O–H groups in total. The lowest BCUT2D eigenvalue weighted by atomic mass is 10.2. The van der Waals surface area contributed by atoms with E-state index in [0.717, 1.165) is 17.3 Å². The second kappa shape index (κ2) is 14.9. The topological polar surface area (TPSA) is 157 Å². The minimum absolute atomic E-state index is 0.0810. The first kappa shape index (κ1) is 32.4. The lowest BCUT2D eigenvalue weighted by Crippen LogP contribution is -2.28. The lowest BCUT2D eigenvalue weighted by Gasteiger charge is -2.13. The number of ether oxygens (including phenoxy) is 1. The van der Waals surface area contributed by atoms with Crippen LogP contribution in [-0.2, 0) is 26.2 Å². The zero-order valence-corrected chi connectivity index (χ0v) is 26.3. The van der Waals surface area contributed by atoms with Gasteiger partial charge >= 0.3 is 0 Å². The van der Waals surface area contributed by atoms with Crippen molar-refractivity contribution in [3.8, 4) is 5.75 Å². The standard InChI is InChI=1S/C32H26ClN5O6S2/c33-24-10-15-28(44-21-30(39)36-25-11-13-27(14-12-25)46(34,41)42)23(18-24)19-29-31(40)38(20-26-9-5-17-43-26)32(45-29)37-35-16-4-8-22-6-2-1-3-7-22/h1-19H,20-21H2,(H,36,39)(H2,34,41,42)/b8-4+,29-19-,35-16+,37-32-. The number of anilines is 1. The van der Waals surface area contributed by atoms with Crippen molar-refractivity contribution in [1.82, 2.24) is 4.90 Å². The summed E-state index contributed by atoms with van der Waals surface area (Å²) in [6.07, 6.45) is 8.29. The number of thioether (sulfide) groups is 1. The molecule has 4 aromatic rings. The summed E-state index contributed by atoms with van der Waals surface area (Å²) < 4.78 is 34.2. The molecule has 5 rings (SSSR count). The molecule has 46 heavy (non-hydrogen) atoms. The molecule has 0 atom stereocenters. The molecule has 0 saturated carbocycles. The predicted molar refractivity (Wildman–Crippen MR) is 180 cm³/mol. The van der Waals surface area contributed by atoms with E-state index in [2.05, 4.69) is 15.5 Å². The smallest absolute Gasteiger partial charge is 0.267 e. The molecule has 1 aliphatic heterocycles. The Morgan fingerprint density at radius 1 is 1.07 bits per heavy atom. The number of halogens is 1. The molecule has 11 nitrogen and oxygen atoms in total. The van der Waals surface area contributed by atoms with Crippen molar-refractivity contribution in [3.63, 3.8) is 0 Å². The first-order valence-electron chi connectivity index (χ1n) is 13.6. The van der Waals surface area contributed by atoms with Gasteiger partial charge in [0, 0.05) is 22.5 Å². The van der Waals surface area contributed by atoms with Crippen LogP contribution in [0, 0.1) is 0 Å². The molecule has 1 saturated heterocycles. The van der Waals surface area contributed by atoms with Crippen LogP contribution in [0.2, 0.25) is 5.02 Å². The SMILES string of the molecule is NS(=O)(=O)c1ccc(NC(=O)COc2ccc(Cl)cc2/C=C2\S\C(=N/N=C/C=C/c3ccccc3)N(Cc3ccco3)C2=O)cc1. The number of sulfonamides is 1. The molecule has 0 aliphatic carbocycles. The van der Waals surface area contributed by atoms with Crippen LogP contribution in [0.1, 0.15) is 16.9 Å². The highest BCUT2D eigenvalue weighted by Gasteiger charge is 2.34. The minimum atomic E-state index is -3.86. The number of nitrogens with one attached hydrogen (secondary N) is 1. The Morgan fingerprint density at radius 2 is 1.85 bits per heavy atom. The molecule has 234 valence electrons. The summed E-state index contributed by atoms with van der Waals surface area (Å²) in [5.74, 6) is 0.0354. The van der Waals surface area contributed by atoms with Gasteiger partial charge in [0.05, 0.1) is 22.6 Å². The zero-order chi connectivity index (χ0) is 32.5. The number of nitrogens with zero attached hydrogens (tertiary/aromatic N) is 3. The van der Waals surface area contributed by atoms with Crippen LogP contribution in [-0.4, -0.2) is 43.1 Å². The monoisotopic (exact) mass is 675 g/mol. The molecule has 0 bridgehead atoms. The van der Waals surface area contributed by atoms with Gasteiger partial charge < -0.3 is 14.5 Å². The molecule has 1 fully saturated rings. The fraction of sp³-hybridized carbons (Fsp3) is 0.0625. The second-order valence-electron chi connectivity index (χ2n) is 9.59. The molecular weight excluding hydrogens is 650 g/mol. The van der Waals surface area contributed by atoms with Crippen LogP contribution in [0.5, 0.6) is 5.75 Å². The van der Waals surface area contributed by atoms with Gasteiger partial charge in [0.25, 0.3) is 11.8 Å². The maximum absolute atomic E-state index is 13.5. The first-order valence-corrected chi connectivity index (χ1v) is 16.3. The molecule has 3 aromatic carbocycles. The number of hydrogen-bond donors (Lipinski definition) is 2. The summed E-state index contributed by atoms with van der Waals surface area (Å²) in [5.41, 5.74) is 1.82. The van der Waals surface area contributed by atoms with E-state index in [1.807, 2.05) is 36.4 Å². The molecule has 1 aliphatic rings. The summed E-state index contributed by atoms with van der Waals surface area (Å²) in [6.45, 7) is -0.236. The summed E-state index contributed by atoms with van der Waals surface area (Å²) in [7, 11) is -3.86. The van der Waals surface area contributed by atoms with E-state index in [9.17, 15) is 18.0 Å². The van der Waals surface area contributed by atoms with Crippen molar-refractivity contribution in [2.75, 3.05) is 11.9 Å². The van der Waals surface area contributed by atoms with Crippen LogP contribution in [0.15, 0.2) is 122 Å². The van der Waals surface area contributed by atoms with E-state index in [-0.39, 0.29) is 24.0 Å². The first-order chi connectivity index (χ1) is 22.2. The van der Waals surface area contributed by atoms with Crippen LogP contribution < -0.4 is 15.2 Å². The van der Waals surface area contributed by atoms with Crippen LogP contribution in [0.25, 0.3) is 12.2 Å². The number of amidine groups is 1. The maximum atomic E-state index is 13.5. The van der Waals surface area contributed by atoms with Crippen molar-refractivity contribution in [2.24, 2.45) is 15.3 Å². The highest BCUT2D eigenvalue weighted by Crippen LogP contribution is 2.36. The number of rotatable bonds is 11. The van der Waals surface area contributed by atoms with Crippen molar-refractivity contribution < 1.29 is 27.2 Å². The minimum Gasteiger partial charge on any atom is -0.483 e. The predicted octanol–water partition coefficient (Wildman–Crippen LogP) is 5.77. The van der Waals surface area contributed by atoms with Gasteiger partial charge in [-0.15, -0.1) is 5.10 Å². The van der Waals surface area contributed by atoms with E-state index in [0.29, 0.717) is 37.9 Å². The van der Waals surface area contributed by atoms with Gasteiger partial charge in [0.1, 0.15) is 11.5 Å². The average molecular weight is 676 g/mol. The number of carbonyl (C=O) groups excluding carboxylic acids is 2. The Balaban J connectivity index is 1.32.